The molecule has 5 nitrogen and oxygen atoms in total. The third-order valence-corrected chi connectivity index (χ3v) is 6.69. The molecule has 2 aromatic rings. The Kier molecular flexibility index (Phi) is 5.88. The molecular weight excluding hydrogens is 436 g/mol. The van der Waals surface area contributed by atoms with Crippen molar-refractivity contribution in [3.05, 3.63) is 64.4 Å². The van der Waals surface area contributed by atoms with E-state index < -0.39 is 33.5 Å². The second-order valence-electron chi connectivity index (χ2n) is 6.35. The smallest absolute Gasteiger partial charge is 0.336 e. The summed E-state index contributed by atoms with van der Waals surface area (Å²) in [4.78, 5) is 13.5. The van der Waals surface area contributed by atoms with Crippen LogP contribution in [0.5, 0.6) is 0 Å². The van der Waals surface area contributed by atoms with Crippen LogP contribution in [0.2, 0.25) is 5.02 Å². The summed E-state index contributed by atoms with van der Waals surface area (Å²) in [5, 5.41) is -0.208. The molecule has 0 spiro atoms. The number of halogens is 5. The first-order valence-electron chi connectivity index (χ1n) is 8.42. The van der Waals surface area contributed by atoms with Gasteiger partial charge in [0.05, 0.1) is 15.5 Å². The molecule has 3 rings (SSSR count). The minimum absolute atomic E-state index is 0.00954. The van der Waals surface area contributed by atoms with E-state index in [0.717, 1.165) is 34.6 Å². The number of hydrogen-bond acceptors (Lipinski definition) is 3. The molecule has 0 bridgehead atoms. The largest absolute Gasteiger partial charge is 0.416 e. The fraction of sp³-hybridized carbons (Fsp3) is 0.278. The highest BCUT2D eigenvalue weighted by atomic mass is 35.5. The monoisotopic (exact) mass is 450 g/mol. The highest BCUT2D eigenvalue weighted by Crippen LogP contribution is 2.30. The second kappa shape index (κ2) is 7.92. The Balaban J connectivity index is 1.72. The second-order valence-corrected chi connectivity index (χ2v) is 8.70. The van der Waals surface area contributed by atoms with Crippen molar-refractivity contribution in [2.75, 3.05) is 26.2 Å². The van der Waals surface area contributed by atoms with Gasteiger partial charge in [0.1, 0.15) is 5.82 Å². The van der Waals surface area contributed by atoms with Crippen LogP contribution in [0.25, 0.3) is 0 Å². The average molecular weight is 451 g/mol. The Labute approximate surface area is 169 Å². The van der Waals surface area contributed by atoms with Crippen LogP contribution in [0.4, 0.5) is 17.6 Å². The van der Waals surface area contributed by atoms with Gasteiger partial charge in [0, 0.05) is 31.7 Å². The fourth-order valence-corrected chi connectivity index (χ4v) is 4.48. The fourth-order valence-electron chi connectivity index (χ4n) is 2.93. The van der Waals surface area contributed by atoms with Crippen LogP contribution < -0.4 is 0 Å². The molecule has 1 aliphatic rings. The Morgan fingerprint density at radius 2 is 1.66 bits per heavy atom. The summed E-state index contributed by atoms with van der Waals surface area (Å²) in [6, 6.07) is 7.19. The standard InChI is InChI=1S/C18H15ClF4N2O3S/c19-15-5-4-14(11-16(15)20)29(27,28)25-8-6-24(7-9-25)17(26)12-2-1-3-13(10-12)18(21,22)23/h1-5,10-11H,6-9H2. The summed E-state index contributed by atoms with van der Waals surface area (Å²) in [5.74, 6) is -1.49. The maximum atomic E-state index is 13.6. The molecule has 1 aliphatic heterocycles. The van der Waals surface area contributed by atoms with E-state index in [2.05, 4.69) is 0 Å². The van der Waals surface area contributed by atoms with E-state index in [-0.39, 0.29) is 41.7 Å². The van der Waals surface area contributed by atoms with Gasteiger partial charge in [0.15, 0.2) is 0 Å². The van der Waals surface area contributed by atoms with Crippen LogP contribution in [-0.4, -0.2) is 49.7 Å². The first-order valence-corrected chi connectivity index (χ1v) is 10.2. The normalized spacial score (nSPS) is 16.1. The molecule has 11 heteroatoms. The number of rotatable bonds is 3. The van der Waals surface area contributed by atoms with Gasteiger partial charge in [-0.25, -0.2) is 12.8 Å². The van der Waals surface area contributed by atoms with Crippen molar-refractivity contribution in [2.24, 2.45) is 0 Å². The van der Waals surface area contributed by atoms with Gasteiger partial charge in [-0.05, 0) is 36.4 Å². The molecule has 0 radical (unpaired) electrons. The zero-order valence-electron chi connectivity index (χ0n) is 14.8. The van der Waals surface area contributed by atoms with Crippen molar-refractivity contribution >= 4 is 27.5 Å². The minimum Gasteiger partial charge on any atom is -0.336 e. The molecule has 29 heavy (non-hydrogen) atoms. The van der Waals surface area contributed by atoms with E-state index >= 15 is 0 Å². The number of piperazine rings is 1. The molecule has 0 aliphatic carbocycles. The van der Waals surface area contributed by atoms with E-state index in [1.807, 2.05) is 0 Å². The summed E-state index contributed by atoms with van der Waals surface area (Å²) >= 11 is 5.57. The molecule has 1 fully saturated rings. The molecule has 1 saturated heterocycles. The Morgan fingerprint density at radius 1 is 1.00 bits per heavy atom. The number of alkyl halides is 3. The van der Waals surface area contributed by atoms with Crippen molar-refractivity contribution in [1.29, 1.82) is 0 Å². The van der Waals surface area contributed by atoms with Gasteiger partial charge in [0.2, 0.25) is 10.0 Å². The lowest BCUT2D eigenvalue weighted by Crippen LogP contribution is -2.50. The number of hydrogen-bond donors (Lipinski definition) is 0. The highest BCUT2D eigenvalue weighted by Gasteiger charge is 2.33. The summed E-state index contributed by atoms with van der Waals surface area (Å²) in [6.45, 7) is -0.163. The third-order valence-electron chi connectivity index (χ3n) is 4.49. The van der Waals surface area contributed by atoms with Gasteiger partial charge in [-0.3, -0.25) is 4.79 Å². The zero-order chi connectivity index (χ0) is 21.4. The number of carbonyl (C=O) groups excluding carboxylic acids is 1. The summed E-state index contributed by atoms with van der Waals surface area (Å²) in [6.07, 6.45) is -4.57. The predicted molar refractivity (Wildman–Crippen MR) is 97.5 cm³/mol. The maximum absolute atomic E-state index is 13.6. The van der Waals surface area contributed by atoms with E-state index in [0.29, 0.717) is 0 Å². The van der Waals surface area contributed by atoms with Gasteiger partial charge in [0.25, 0.3) is 5.91 Å². The molecule has 0 unspecified atom stereocenters. The van der Waals surface area contributed by atoms with Crippen LogP contribution in [0.1, 0.15) is 15.9 Å². The maximum Gasteiger partial charge on any atom is 0.416 e. The van der Waals surface area contributed by atoms with Gasteiger partial charge in [-0.2, -0.15) is 17.5 Å². The van der Waals surface area contributed by atoms with Crippen LogP contribution >= 0.6 is 11.6 Å². The number of benzene rings is 2. The number of sulfonamides is 1. The number of amides is 1. The molecule has 1 amide bonds. The Hall–Kier alpha value is -2.17. The lowest BCUT2D eigenvalue weighted by atomic mass is 10.1. The Morgan fingerprint density at radius 3 is 2.24 bits per heavy atom. The lowest BCUT2D eigenvalue weighted by Gasteiger charge is -2.34. The number of nitrogens with zero attached hydrogens (tertiary/aromatic N) is 2. The van der Waals surface area contributed by atoms with E-state index in [9.17, 15) is 30.8 Å². The molecule has 0 N–H and O–H groups in total. The van der Waals surface area contributed by atoms with Gasteiger partial charge < -0.3 is 4.90 Å². The quantitative estimate of drug-likeness (QED) is 0.671. The Bertz CT molecular complexity index is 1040. The van der Waals surface area contributed by atoms with E-state index in [1.165, 1.54) is 17.0 Å². The molecule has 156 valence electrons. The molecule has 1 heterocycles. The van der Waals surface area contributed by atoms with E-state index in [1.54, 1.807) is 0 Å². The minimum atomic E-state index is -4.57. The molecule has 0 atom stereocenters. The van der Waals surface area contributed by atoms with Crippen LogP contribution in [0.15, 0.2) is 47.4 Å². The van der Waals surface area contributed by atoms with Crippen LogP contribution in [-0.2, 0) is 16.2 Å². The van der Waals surface area contributed by atoms with Crippen molar-refractivity contribution in [1.82, 2.24) is 9.21 Å². The van der Waals surface area contributed by atoms with Crippen molar-refractivity contribution in [2.45, 2.75) is 11.1 Å². The SMILES string of the molecule is O=C(c1cccc(C(F)(F)F)c1)N1CCN(S(=O)(=O)c2ccc(Cl)c(F)c2)CC1. The topological polar surface area (TPSA) is 57.7 Å². The predicted octanol–water partition coefficient (Wildman–Crippen LogP) is 3.64. The highest BCUT2D eigenvalue weighted by molar-refractivity contribution is 7.89. The van der Waals surface area contributed by atoms with Crippen molar-refractivity contribution < 1.29 is 30.8 Å². The molecule has 0 saturated carbocycles. The first kappa shape index (κ1) is 21.5. The van der Waals surface area contributed by atoms with Gasteiger partial charge in [-0.15, -0.1) is 0 Å². The van der Waals surface area contributed by atoms with E-state index in [4.69, 9.17) is 11.6 Å². The summed E-state index contributed by atoms with van der Waals surface area (Å²) < 4.78 is 78.5. The first-order chi connectivity index (χ1) is 13.5. The lowest BCUT2D eigenvalue weighted by molar-refractivity contribution is -0.137. The van der Waals surface area contributed by atoms with Crippen molar-refractivity contribution in [3.8, 4) is 0 Å². The average Bonchev–Trinajstić information content (AvgIpc) is 2.69. The third kappa shape index (κ3) is 4.54. The molecule has 0 aromatic heterocycles. The van der Waals surface area contributed by atoms with Gasteiger partial charge >= 0.3 is 6.18 Å². The van der Waals surface area contributed by atoms with Crippen molar-refractivity contribution in [3.63, 3.8) is 0 Å². The zero-order valence-corrected chi connectivity index (χ0v) is 16.4. The molecule has 2 aromatic carbocycles. The summed E-state index contributed by atoms with van der Waals surface area (Å²) in [7, 11) is -3.99. The summed E-state index contributed by atoms with van der Waals surface area (Å²) in [5.41, 5.74) is -1.06. The number of carbonyl (C=O) groups is 1. The molecular formula is C18H15ClF4N2O3S. The van der Waals surface area contributed by atoms with Gasteiger partial charge in [-0.1, -0.05) is 17.7 Å². The van der Waals surface area contributed by atoms with Crippen LogP contribution in [0.3, 0.4) is 0 Å². The van der Waals surface area contributed by atoms with Crippen LogP contribution in [0, 0.1) is 5.82 Å².